The average molecular weight is 248 g/mol. The van der Waals surface area contributed by atoms with E-state index in [1.807, 2.05) is 20.2 Å². The fraction of sp³-hybridized carbons (Fsp3) is 0.200. The molecule has 0 saturated carbocycles. The Morgan fingerprint density at radius 3 is 2.65 bits per heavy atom. The van der Waals surface area contributed by atoms with E-state index >= 15 is 0 Å². The van der Waals surface area contributed by atoms with E-state index < -0.39 is 0 Å². The largest absolute Gasteiger partial charge is 0.388 e. The molecule has 17 heavy (non-hydrogen) atoms. The molecule has 7 heteroatoms. The maximum absolute atomic E-state index is 5.44. The van der Waals surface area contributed by atoms with Crippen LogP contribution in [0.4, 0.5) is 11.5 Å². The molecule has 6 nitrogen and oxygen atoms in total. The average Bonchev–Trinajstić information content (AvgIpc) is 2.58. The summed E-state index contributed by atoms with van der Waals surface area (Å²) in [5.41, 5.74) is 7.74. The zero-order valence-electron chi connectivity index (χ0n) is 9.51. The molecule has 0 aliphatic heterocycles. The summed E-state index contributed by atoms with van der Waals surface area (Å²) in [5, 5.41) is 7.34. The van der Waals surface area contributed by atoms with Gasteiger partial charge in [0.05, 0.1) is 23.8 Å². The van der Waals surface area contributed by atoms with Crippen LogP contribution in [0.25, 0.3) is 0 Å². The first-order chi connectivity index (χ1) is 8.06. The maximum Gasteiger partial charge on any atom is 0.149 e. The number of rotatable bonds is 3. The van der Waals surface area contributed by atoms with Gasteiger partial charge in [0.25, 0.3) is 0 Å². The molecule has 0 atom stereocenters. The second-order valence-corrected chi connectivity index (χ2v) is 4.02. The van der Waals surface area contributed by atoms with Crippen molar-refractivity contribution in [2.24, 2.45) is 12.8 Å². The van der Waals surface area contributed by atoms with E-state index in [1.165, 1.54) is 6.20 Å². The third kappa shape index (κ3) is 2.56. The van der Waals surface area contributed by atoms with Crippen molar-refractivity contribution in [1.82, 2.24) is 19.7 Å². The Morgan fingerprint density at radius 1 is 1.41 bits per heavy atom. The van der Waals surface area contributed by atoms with Crippen LogP contribution in [0.2, 0.25) is 0 Å². The molecular weight excluding hydrogens is 236 g/mol. The Morgan fingerprint density at radius 2 is 2.18 bits per heavy atom. The van der Waals surface area contributed by atoms with Crippen molar-refractivity contribution < 1.29 is 0 Å². The van der Waals surface area contributed by atoms with Crippen molar-refractivity contribution in [3.63, 3.8) is 0 Å². The van der Waals surface area contributed by atoms with Gasteiger partial charge in [0, 0.05) is 13.2 Å². The summed E-state index contributed by atoms with van der Waals surface area (Å²) < 4.78 is 1.73. The van der Waals surface area contributed by atoms with Crippen molar-refractivity contribution >= 4 is 28.7 Å². The molecule has 0 amide bonds. The first kappa shape index (κ1) is 11.5. The minimum Gasteiger partial charge on any atom is -0.388 e. The van der Waals surface area contributed by atoms with Crippen LogP contribution in [-0.4, -0.2) is 24.7 Å². The molecule has 2 heterocycles. The molecule has 0 radical (unpaired) electrons. The highest BCUT2D eigenvalue weighted by molar-refractivity contribution is 7.80. The normalized spacial score (nSPS) is 10.2. The molecule has 0 aliphatic rings. The fourth-order valence-electron chi connectivity index (χ4n) is 1.38. The number of anilines is 2. The predicted octanol–water partition coefficient (Wildman–Crippen LogP) is 0.896. The van der Waals surface area contributed by atoms with Crippen molar-refractivity contribution in [1.29, 1.82) is 0 Å². The molecule has 0 fully saturated rings. The lowest BCUT2D eigenvalue weighted by molar-refractivity contribution is 0.756. The number of aryl methyl sites for hydroxylation is 2. The van der Waals surface area contributed by atoms with Gasteiger partial charge < -0.3 is 11.1 Å². The lowest BCUT2D eigenvalue weighted by Gasteiger charge is -2.03. The molecule has 2 aromatic rings. The molecular formula is C10H12N6S. The maximum atomic E-state index is 5.44. The van der Waals surface area contributed by atoms with Gasteiger partial charge in [-0.1, -0.05) is 12.2 Å². The predicted molar refractivity (Wildman–Crippen MR) is 69.1 cm³/mol. The van der Waals surface area contributed by atoms with Gasteiger partial charge in [-0.2, -0.15) is 5.10 Å². The molecule has 0 bridgehead atoms. The van der Waals surface area contributed by atoms with Gasteiger partial charge in [0.1, 0.15) is 16.5 Å². The molecule has 0 aromatic carbocycles. The molecule has 88 valence electrons. The summed E-state index contributed by atoms with van der Waals surface area (Å²) in [6.07, 6.45) is 5.00. The Labute approximate surface area is 104 Å². The van der Waals surface area contributed by atoms with Crippen molar-refractivity contribution in [2.75, 3.05) is 5.32 Å². The number of nitrogens with one attached hydrogen (secondary N) is 1. The number of hydrogen-bond donors (Lipinski definition) is 2. The summed E-state index contributed by atoms with van der Waals surface area (Å²) in [7, 11) is 1.86. The summed E-state index contributed by atoms with van der Waals surface area (Å²) in [6.45, 7) is 1.92. The van der Waals surface area contributed by atoms with Crippen LogP contribution in [0.15, 0.2) is 18.6 Å². The van der Waals surface area contributed by atoms with Gasteiger partial charge in [-0.25, -0.2) is 9.97 Å². The van der Waals surface area contributed by atoms with Gasteiger partial charge in [0.15, 0.2) is 0 Å². The monoisotopic (exact) mass is 248 g/mol. The molecule has 3 N–H and O–H groups in total. The van der Waals surface area contributed by atoms with E-state index in [0.29, 0.717) is 11.5 Å². The van der Waals surface area contributed by atoms with E-state index in [1.54, 1.807) is 10.9 Å². The minimum atomic E-state index is 0.238. The zero-order chi connectivity index (χ0) is 12.4. The highest BCUT2D eigenvalue weighted by Gasteiger charge is 2.05. The standard InChI is InChI=1S/C10H12N6S/c1-6-8(5-16(2)15-6)14-9-4-12-7(3-13-9)10(11)17/h3-5H,1-2H3,(H2,11,17)(H,13,14). The molecule has 0 aliphatic carbocycles. The molecule has 0 spiro atoms. The van der Waals surface area contributed by atoms with Crippen molar-refractivity contribution in [3.05, 3.63) is 30.0 Å². The van der Waals surface area contributed by atoms with Gasteiger partial charge in [-0.05, 0) is 6.92 Å². The van der Waals surface area contributed by atoms with E-state index in [2.05, 4.69) is 20.4 Å². The van der Waals surface area contributed by atoms with Crippen molar-refractivity contribution in [2.45, 2.75) is 6.92 Å². The van der Waals surface area contributed by atoms with Crippen LogP contribution in [-0.2, 0) is 7.05 Å². The van der Waals surface area contributed by atoms with Gasteiger partial charge in [0.2, 0.25) is 0 Å². The summed E-state index contributed by atoms with van der Waals surface area (Å²) in [6, 6.07) is 0. The Balaban J connectivity index is 2.19. The lowest BCUT2D eigenvalue weighted by Crippen LogP contribution is -2.12. The van der Waals surface area contributed by atoms with Crippen LogP contribution >= 0.6 is 12.2 Å². The second kappa shape index (κ2) is 4.46. The summed E-state index contributed by atoms with van der Waals surface area (Å²) in [5.74, 6) is 0.626. The minimum absolute atomic E-state index is 0.238. The number of hydrogen-bond acceptors (Lipinski definition) is 5. The number of thiocarbonyl (C=S) groups is 1. The molecule has 2 aromatic heterocycles. The SMILES string of the molecule is Cc1nn(C)cc1Nc1cnc(C(N)=S)cn1. The first-order valence-corrected chi connectivity index (χ1v) is 5.36. The zero-order valence-corrected chi connectivity index (χ0v) is 10.3. The quantitative estimate of drug-likeness (QED) is 0.785. The fourth-order valence-corrected chi connectivity index (χ4v) is 1.49. The van der Waals surface area contributed by atoms with Crippen LogP contribution in [0.5, 0.6) is 0 Å². The highest BCUT2D eigenvalue weighted by atomic mass is 32.1. The second-order valence-electron chi connectivity index (χ2n) is 3.58. The number of aromatic nitrogens is 4. The van der Waals surface area contributed by atoms with Gasteiger partial charge in [-0.3, -0.25) is 4.68 Å². The smallest absolute Gasteiger partial charge is 0.149 e. The molecule has 2 rings (SSSR count). The number of nitrogens with two attached hydrogens (primary N) is 1. The van der Waals surface area contributed by atoms with Crippen LogP contribution in [0.3, 0.4) is 0 Å². The first-order valence-electron chi connectivity index (χ1n) is 4.95. The van der Waals surface area contributed by atoms with Crippen LogP contribution in [0, 0.1) is 6.92 Å². The van der Waals surface area contributed by atoms with Gasteiger partial charge >= 0.3 is 0 Å². The van der Waals surface area contributed by atoms with E-state index in [4.69, 9.17) is 18.0 Å². The van der Waals surface area contributed by atoms with Crippen LogP contribution in [0.1, 0.15) is 11.4 Å². The number of nitrogens with zero attached hydrogens (tertiary/aromatic N) is 4. The van der Waals surface area contributed by atoms with E-state index in [-0.39, 0.29) is 4.99 Å². The third-order valence-corrected chi connectivity index (χ3v) is 2.39. The molecule has 0 unspecified atom stereocenters. The Bertz CT molecular complexity index is 544. The topological polar surface area (TPSA) is 81.7 Å². The Hall–Kier alpha value is -2.02. The van der Waals surface area contributed by atoms with Gasteiger partial charge in [-0.15, -0.1) is 0 Å². The van der Waals surface area contributed by atoms with E-state index in [9.17, 15) is 0 Å². The summed E-state index contributed by atoms with van der Waals surface area (Å²) in [4.78, 5) is 8.50. The Kier molecular flexibility index (Phi) is 3.01. The summed E-state index contributed by atoms with van der Waals surface area (Å²) >= 11 is 4.80. The highest BCUT2D eigenvalue weighted by Crippen LogP contribution is 2.16. The molecule has 0 saturated heterocycles. The van der Waals surface area contributed by atoms with E-state index in [0.717, 1.165) is 11.4 Å². The van der Waals surface area contributed by atoms with Crippen molar-refractivity contribution in [3.8, 4) is 0 Å². The van der Waals surface area contributed by atoms with Crippen LogP contribution < -0.4 is 11.1 Å². The lowest BCUT2D eigenvalue weighted by atomic mass is 10.4. The third-order valence-electron chi connectivity index (χ3n) is 2.18.